The number of nitrogens with zero attached hydrogens (tertiary/aromatic N) is 1. The van der Waals surface area contributed by atoms with Gasteiger partial charge >= 0.3 is 0 Å². The average Bonchev–Trinajstić information content (AvgIpc) is 3.39. The van der Waals surface area contributed by atoms with Gasteiger partial charge in [0.1, 0.15) is 0 Å². The van der Waals surface area contributed by atoms with Gasteiger partial charge in [0.25, 0.3) is 0 Å². The van der Waals surface area contributed by atoms with E-state index in [1.807, 2.05) is 18.2 Å². The van der Waals surface area contributed by atoms with Crippen LogP contribution in [0, 0.1) is 0 Å². The smallest absolute Gasteiger partial charge is 0.0541 e. The molecule has 1 aromatic heterocycles. The van der Waals surface area contributed by atoms with Crippen molar-refractivity contribution in [3.05, 3.63) is 120 Å². The van der Waals surface area contributed by atoms with E-state index in [2.05, 4.69) is 95.6 Å². The lowest BCUT2D eigenvalue weighted by atomic mass is 9.98. The van der Waals surface area contributed by atoms with E-state index in [1.54, 1.807) is 0 Å². The number of nitrogens with two attached hydrogens (primary N) is 1. The summed E-state index contributed by atoms with van der Waals surface area (Å²) in [6, 6.07) is 39.2. The Hall–Kier alpha value is -4.30. The van der Waals surface area contributed by atoms with Gasteiger partial charge in [-0.05, 0) is 82.3 Å². The molecule has 0 amide bonds. The van der Waals surface area contributed by atoms with Gasteiger partial charge in [0.15, 0.2) is 0 Å². The summed E-state index contributed by atoms with van der Waals surface area (Å²) in [5.41, 5.74) is 18.3. The van der Waals surface area contributed by atoms with Crippen molar-refractivity contribution in [1.29, 1.82) is 0 Å². The molecule has 6 aromatic rings. The first-order chi connectivity index (χ1) is 16.3. The van der Waals surface area contributed by atoms with Crippen LogP contribution in [0.4, 0.5) is 5.69 Å². The standard InChI is InChI=1S/C31H22N2/c32-24-7-5-6-20(17-24)21-12-13-22-16-23-14-15-25(19-29(23)28(22)18-21)33-30-10-3-1-8-26(30)27-9-2-4-11-31(27)33/h1-15,17-19H,16,32H2. The molecule has 7 rings (SSSR count). The highest BCUT2D eigenvalue weighted by molar-refractivity contribution is 6.09. The van der Waals surface area contributed by atoms with Gasteiger partial charge in [-0.2, -0.15) is 0 Å². The Morgan fingerprint density at radius 1 is 0.545 bits per heavy atom. The number of hydrogen-bond acceptors (Lipinski definition) is 1. The second-order valence-electron chi connectivity index (χ2n) is 8.89. The van der Waals surface area contributed by atoms with Crippen LogP contribution in [0.25, 0.3) is 49.7 Å². The number of aromatic nitrogens is 1. The molecule has 0 fully saturated rings. The molecule has 2 nitrogen and oxygen atoms in total. The van der Waals surface area contributed by atoms with E-state index in [0.29, 0.717) is 0 Å². The highest BCUT2D eigenvalue weighted by Crippen LogP contribution is 2.41. The maximum Gasteiger partial charge on any atom is 0.0541 e. The Morgan fingerprint density at radius 3 is 1.91 bits per heavy atom. The Bertz CT molecular complexity index is 1650. The Balaban J connectivity index is 1.43. The summed E-state index contributed by atoms with van der Waals surface area (Å²) < 4.78 is 2.39. The molecule has 33 heavy (non-hydrogen) atoms. The van der Waals surface area contributed by atoms with Gasteiger partial charge in [0, 0.05) is 22.1 Å². The molecule has 0 atom stereocenters. The van der Waals surface area contributed by atoms with Crippen LogP contribution >= 0.6 is 0 Å². The molecule has 5 aromatic carbocycles. The number of fused-ring (bicyclic) bond motifs is 6. The fourth-order valence-corrected chi connectivity index (χ4v) is 5.39. The molecule has 0 unspecified atom stereocenters. The van der Waals surface area contributed by atoms with Crippen LogP contribution < -0.4 is 5.73 Å². The highest BCUT2D eigenvalue weighted by atomic mass is 15.0. The van der Waals surface area contributed by atoms with Crippen LogP contribution in [0.2, 0.25) is 0 Å². The summed E-state index contributed by atoms with van der Waals surface area (Å²) in [5, 5.41) is 2.58. The normalized spacial score (nSPS) is 12.2. The molecule has 0 bridgehead atoms. The first kappa shape index (κ1) is 18.3. The zero-order valence-corrected chi connectivity index (χ0v) is 18.1. The molecule has 0 radical (unpaired) electrons. The van der Waals surface area contributed by atoms with Gasteiger partial charge in [0.2, 0.25) is 0 Å². The van der Waals surface area contributed by atoms with E-state index in [0.717, 1.165) is 17.7 Å². The van der Waals surface area contributed by atoms with Crippen molar-refractivity contribution in [1.82, 2.24) is 4.57 Å². The molecule has 2 heteroatoms. The lowest BCUT2D eigenvalue weighted by Crippen LogP contribution is -1.94. The Labute approximate surface area is 192 Å². The molecule has 156 valence electrons. The minimum Gasteiger partial charge on any atom is -0.399 e. The first-order valence-electron chi connectivity index (χ1n) is 11.4. The summed E-state index contributed by atoms with van der Waals surface area (Å²) in [4.78, 5) is 0. The fourth-order valence-electron chi connectivity index (χ4n) is 5.39. The van der Waals surface area contributed by atoms with Gasteiger partial charge < -0.3 is 10.3 Å². The lowest BCUT2D eigenvalue weighted by Gasteiger charge is -2.11. The Kier molecular flexibility index (Phi) is 3.80. The van der Waals surface area contributed by atoms with Crippen molar-refractivity contribution < 1.29 is 0 Å². The minimum atomic E-state index is 0.794. The van der Waals surface area contributed by atoms with Gasteiger partial charge in [-0.15, -0.1) is 0 Å². The van der Waals surface area contributed by atoms with Crippen LogP contribution in [0.3, 0.4) is 0 Å². The summed E-state index contributed by atoms with van der Waals surface area (Å²) in [7, 11) is 0. The summed E-state index contributed by atoms with van der Waals surface area (Å²) in [6.45, 7) is 0. The number of nitrogen functional groups attached to an aromatic ring is 1. The molecule has 1 aliphatic rings. The number of hydrogen-bond donors (Lipinski definition) is 1. The van der Waals surface area contributed by atoms with E-state index in [4.69, 9.17) is 5.73 Å². The number of anilines is 1. The van der Waals surface area contributed by atoms with Crippen molar-refractivity contribution in [2.75, 3.05) is 5.73 Å². The lowest BCUT2D eigenvalue weighted by molar-refractivity contribution is 1.17. The van der Waals surface area contributed by atoms with Crippen molar-refractivity contribution >= 4 is 27.5 Å². The first-order valence-corrected chi connectivity index (χ1v) is 11.4. The van der Waals surface area contributed by atoms with Crippen molar-refractivity contribution in [2.24, 2.45) is 0 Å². The average molecular weight is 423 g/mol. The predicted molar refractivity (Wildman–Crippen MR) is 139 cm³/mol. The van der Waals surface area contributed by atoms with Gasteiger partial charge in [-0.3, -0.25) is 0 Å². The summed E-state index contributed by atoms with van der Waals surface area (Å²) >= 11 is 0. The monoisotopic (exact) mass is 422 g/mol. The van der Waals surface area contributed by atoms with E-state index in [-0.39, 0.29) is 0 Å². The molecule has 1 aliphatic carbocycles. The van der Waals surface area contributed by atoms with E-state index < -0.39 is 0 Å². The molecular formula is C31H22N2. The zero-order chi connectivity index (χ0) is 21.9. The SMILES string of the molecule is Nc1cccc(-c2ccc3c(c2)-c2cc(-n4c5ccccc5c5ccccc54)ccc2C3)c1. The molecule has 0 saturated heterocycles. The molecule has 2 N–H and O–H groups in total. The summed E-state index contributed by atoms with van der Waals surface area (Å²) in [6.07, 6.45) is 0.981. The quantitative estimate of drug-likeness (QED) is 0.286. The van der Waals surface area contributed by atoms with E-state index in [9.17, 15) is 0 Å². The highest BCUT2D eigenvalue weighted by Gasteiger charge is 2.21. The predicted octanol–water partition coefficient (Wildman–Crippen LogP) is 7.60. The van der Waals surface area contributed by atoms with Crippen LogP contribution in [0.1, 0.15) is 11.1 Å². The third-order valence-corrected chi connectivity index (χ3v) is 6.93. The second-order valence-corrected chi connectivity index (χ2v) is 8.89. The van der Waals surface area contributed by atoms with Crippen molar-refractivity contribution in [3.8, 4) is 27.9 Å². The molecule has 0 saturated carbocycles. The Morgan fingerprint density at radius 2 is 1.18 bits per heavy atom. The molecule has 0 aliphatic heterocycles. The second kappa shape index (κ2) is 6.85. The molecule has 1 heterocycles. The van der Waals surface area contributed by atoms with Crippen molar-refractivity contribution in [2.45, 2.75) is 6.42 Å². The number of rotatable bonds is 2. The fraction of sp³-hybridized carbons (Fsp3) is 0.0323. The van der Waals surface area contributed by atoms with Crippen molar-refractivity contribution in [3.63, 3.8) is 0 Å². The van der Waals surface area contributed by atoms with Crippen LogP contribution in [-0.2, 0) is 6.42 Å². The number of benzene rings is 5. The third-order valence-electron chi connectivity index (χ3n) is 6.93. The molecule has 0 spiro atoms. The van der Waals surface area contributed by atoms with Gasteiger partial charge in [-0.1, -0.05) is 66.7 Å². The van der Waals surface area contributed by atoms with E-state index in [1.165, 1.54) is 55.3 Å². The largest absolute Gasteiger partial charge is 0.399 e. The van der Waals surface area contributed by atoms with Crippen LogP contribution in [0.5, 0.6) is 0 Å². The third kappa shape index (κ3) is 2.74. The van der Waals surface area contributed by atoms with Crippen LogP contribution in [0.15, 0.2) is 109 Å². The number of para-hydroxylation sites is 2. The van der Waals surface area contributed by atoms with Gasteiger partial charge in [0.05, 0.1) is 11.0 Å². The van der Waals surface area contributed by atoms with Gasteiger partial charge in [-0.25, -0.2) is 0 Å². The summed E-state index contributed by atoms with van der Waals surface area (Å²) in [5.74, 6) is 0. The van der Waals surface area contributed by atoms with E-state index >= 15 is 0 Å². The zero-order valence-electron chi connectivity index (χ0n) is 18.1. The van der Waals surface area contributed by atoms with Crippen LogP contribution in [-0.4, -0.2) is 4.57 Å². The molecular weight excluding hydrogens is 400 g/mol. The maximum atomic E-state index is 6.05. The minimum absolute atomic E-state index is 0.794. The topological polar surface area (TPSA) is 30.9 Å². The maximum absolute atomic E-state index is 6.05.